The van der Waals surface area contributed by atoms with Crippen LogP contribution in [0.1, 0.15) is 22.1 Å². The average molecular weight is 295 g/mol. The number of rotatable bonds is 3. The molecule has 1 atom stereocenters. The van der Waals surface area contributed by atoms with Crippen molar-refractivity contribution in [3.05, 3.63) is 65.5 Å². The number of carbonyl (C=O) groups excluding carboxylic acids is 1. The van der Waals surface area contributed by atoms with Crippen LogP contribution < -0.4 is 0 Å². The number of hydrogen-bond acceptors (Lipinski definition) is 4. The molecule has 1 unspecified atom stereocenters. The van der Waals surface area contributed by atoms with Gasteiger partial charge < -0.3 is 4.90 Å². The number of nitrogens with zero attached hydrogens (tertiary/aromatic N) is 3. The minimum atomic E-state index is -0.0361. The van der Waals surface area contributed by atoms with Gasteiger partial charge in [0.1, 0.15) is 5.37 Å². The minimum absolute atomic E-state index is 0.0361. The predicted octanol–water partition coefficient (Wildman–Crippen LogP) is 2.73. The second-order valence-electron chi connectivity index (χ2n) is 4.78. The van der Waals surface area contributed by atoms with E-state index < -0.39 is 0 Å². The van der Waals surface area contributed by atoms with Gasteiger partial charge in [0, 0.05) is 18.9 Å². The summed E-state index contributed by atoms with van der Waals surface area (Å²) in [6.45, 7) is 0.543. The van der Waals surface area contributed by atoms with E-state index >= 15 is 0 Å². The van der Waals surface area contributed by atoms with Crippen LogP contribution in [0.15, 0.2) is 48.8 Å². The Morgan fingerprint density at radius 2 is 2.29 bits per heavy atom. The molecule has 0 aliphatic carbocycles. The van der Waals surface area contributed by atoms with E-state index in [1.165, 1.54) is 0 Å². The Morgan fingerprint density at radius 1 is 1.38 bits per heavy atom. The molecule has 1 aliphatic rings. The Balaban J connectivity index is 1.87. The highest BCUT2D eigenvalue weighted by Crippen LogP contribution is 2.39. The maximum absolute atomic E-state index is 12.1. The third-order valence-corrected chi connectivity index (χ3v) is 4.60. The molecule has 0 bridgehead atoms. The van der Waals surface area contributed by atoms with Gasteiger partial charge in [-0.2, -0.15) is 5.26 Å². The number of carbonyl (C=O) groups is 1. The van der Waals surface area contributed by atoms with Crippen LogP contribution in [0.25, 0.3) is 0 Å². The molecule has 104 valence electrons. The first-order valence-electron chi connectivity index (χ1n) is 6.58. The molecular weight excluding hydrogens is 282 g/mol. The normalized spacial score (nSPS) is 17.8. The number of benzene rings is 1. The van der Waals surface area contributed by atoms with Crippen LogP contribution in [0.3, 0.4) is 0 Å². The van der Waals surface area contributed by atoms with E-state index in [1.807, 2.05) is 35.2 Å². The molecule has 0 N–H and O–H groups in total. The first-order valence-corrected chi connectivity index (χ1v) is 7.63. The zero-order valence-corrected chi connectivity index (χ0v) is 12.1. The SMILES string of the molecule is N#Cc1cccc(C2SCC(=O)N2Cc2cccnc2)c1. The molecule has 3 rings (SSSR count). The zero-order chi connectivity index (χ0) is 14.7. The summed E-state index contributed by atoms with van der Waals surface area (Å²) in [5.41, 5.74) is 2.62. The number of pyridine rings is 1. The monoisotopic (exact) mass is 295 g/mol. The summed E-state index contributed by atoms with van der Waals surface area (Å²) in [7, 11) is 0. The topological polar surface area (TPSA) is 57.0 Å². The molecule has 21 heavy (non-hydrogen) atoms. The van der Waals surface area contributed by atoms with Crippen LogP contribution in [-0.4, -0.2) is 21.5 Å². The molecule has 1 aromatic carbocycles. The van der Waals surface area contributed by atoms with Gasteiger partial charge in [0.2, 0.25) is 5.91 Å². The third kappa shape index (κ3) is 2.91. The fourth-order valence-corrected chi connectivity index (χ4v) is 3.53. The molecule has 5 heteroatoms. The van der Waals surface area contributed by atoms with Gasteiger partial charge in [-0.05, 0) is 29.3 Å². The molecule has 0 saturated carbocycles. The molecule has 4 nitrogen and oxygen atoms in total. The summed E-state index contributed by atoms with van der Waals surface area (Å²) < 4.78 is 0. The van der Waals surface area contributed by atoms with Gasteiger partial charge in [-0.1, -0.05) is 18.2 Å². The van der Waals surface area contributed by atoms with Crippen LogP contribution in [0.4, 0.5) is 0 Å². The van der Waals surface area contributed by atoms with E-state index in [1.54, 1.807) is 30.2 Å². The molecule has 1 aromatic heterocycles. The van der Waals surface area contributed by atoms with E-state index in [-0.39, 0.29) is 11.3 Å². The van der Waals surface area contributed by atoms with E-state index in [2.05, 4.69) is 11.1 Å². The van der Waals surface area contributed by atoms with E-state index in [9.17, 15) is 4.79 Å². The summed E-state index contributed by atoms with van der Waals surface area (Å²) in [6.07, 6.45) is 3.50. The van der Waals surface area contributed by atoms with Gasteiger partial charge in [0.15, 0.2) is 0 Å². The summed E-state index contributed by atoms with van der Waals surface area (Å²) in [5.74, 6) is 0.595. The van der Waals surface area contributed by atoms with Crippen molar-refractivity contribution >= 4 is 17.7 Å². The Morgan fingerprint density at radius 3 is 3.05 bits per heavy atom. The summed E-state index contributed by atoms with van der Waals surface area (Å²) >= 11 is 1.60. The molecule has 1 aliphatic heterocycles. The lowest BCUT2D eigenvalue weighted by Gasteiger charge is -2.24. The fraction of sp³-hybridized carbons (Fsp3) is 0.188. The van der Waals surface area contributed by atoms with Crippen molar-refractivity contribution in [1.29, 1.82) is 5.26 Å². The largest absolute Gasteiger partial charge is 0.321 e. The molecular formula is C16H13N3OS. The standard InChI is InChI=1S/C16H13N3OS/c17-8-12-3-1-5-14(7-12)16-19(15(20)11-21-16)10-13-4-2-6-18-9-13/h1-7,9,16H,10-11H2. The van der Waals surface area contributed by atoms with Gasteiger partial charge in [-0.15, -0.1) is 11.8 Å². The fourth-order valence-electron chi connectivity index (χ4n) is 2.35. The minimum Gasteiger partial charge on any atom is -0.321 e. The highest BCUT2D eigenvalue weighted by molar-refractivity contribution is 8.00. The number of aromatic nitrogens is 1. The van der Waals surface area contributed by atoms with E-state index in [0.29, 0.717) is 17.9 Å². The number of thioether (sulfide) groups is 1. The number of nitriles is 1. The Bertz CT molecular complexity index is 696. The second kappa shape index (κ2) is 5.98. The summed E-state index contributed by atoms with van der Waals surface area (Å²) in [4.78, 5) is 18.1. The van der Waals surface area contributed by atoms with E-state index in [4.69, 9.17) is 5.26 Å². The molecule has 2 heterocycles. The maximum atomic E-state index is 12.1. The molecule has 0 spiro atoms. The quantitative estimate of drug-likeness (QED) is 0.873. The van der Waals surface area contributed by atoms with Crippen molar-refractivity contribution < 1.29 is 4.79 Å². The molecule has 1 amide bonds. The Kier molecular flexibility index (Phi) is 3.89. The third-order valence-electron chi connectivity index (χ3n) is 3.34. The molecule has 2 aromatic rings. The Labute approximate surface area is 127 Å². The van der Waals surface area contributed by atoms with Crippen LogP contribution >= 0.6 is 11.8 Å². The van der Waals surface area contributed by atoms with Gasteiger partial charge in [0.05, 0.1) is 17.4 Å². The van der Waals surface area contributed by atoms with Gasteiger partial charge in [-0.25, -0.2) is 0 Å². The van der Waals surface area contributed by atoms with Crippen LogP contribution in [0.5, 0.6) is 0 Å². The smallest absolute Gasteiger partial charge is 0.234 e. The van der Waals surface area contributed by atoms with Crippen LogP contribution in [-0.2, 0) is 11.3 Å². The van der Waals surface area contributed by atoms with Crippen molar-refractivity contribution in [2.24, 2.45) is 0 Å². The van der Waals surface area contributed by atoms with Crippen molar-refractivity contribution in [3.63, 3.8) is 0 Å². The zero-order valence-electron chi connectivity index (χ0n) is 11.3. The lowest BCUT2D eigenvalue weighted by atomic mass is 10.1. The molecule has 1 saturated heterocycles. The van der Waals surface area contributed by atoms with Gasteiger partial charge >= 0.3 is 0 Å². The lowest BCUT2D eigenvalue weighted by molar-refractivity contribution is -0.128. The Hall–Kier alpha value is -2.32. The number of hydrogen-bond donors (Lipinski definition) is 0. The highest BCUT2D eigenvalue weighted by atomic mass is 32.2. The summed E-state index contributed by atoms with van der Waals surface area (Å²) in [6, 6.07) is 13.4. The lowest BCUT2D eigenvalue weighted by Crippen LogP contribution is -2.27. The summed E-state index contributed by atoms with van der Waals surface area (Å²) in [5, 5.41) is 8.98. The predicted molar refractivity (Wildman–Crippen MR) is 81.1 cm³/mol. The first-order chi connectivity index (χ1) is 10.3. The molecule has 1 fully saturated rings. The van der Waals surface area contributed by atoms with Crippen LogP contribution in [0, 0.1) is 11.3 Å². The average Bonchev–Trinajstić information content (AvgIpc) is 2.89. The highest BCUT2D eigenvalue weighted by Gasteiger charge is 2.32. The first kappa shape index (κ1) is 13.7. The van der Waals surface area contributed by atoms with Crippen molar-refractivity contribution in [2.75, 3.05) is 5.75 Å². The second-order valence-corrected chi connectivity index (χ2v) is 5.85. The van der Waals surface area contributed by atoms with E-state index in [0.717, 1.165) is 11.1 Å². The molecule has 0 radical (unpaired) electrons. The van der Waals surface area contributed by atoms with Gasteiger partial charge in [-0.3, -0.25) is 9.78 Å². The van der Waals surface area contributed by atoms with Crippen LogP contribution in [0.2, 0.25) is 0 Å². The maximum Gasteiger partial charge on any atom is 0.234 e. The van der Waals surface area contributed by atoms with Crippen molar-refractivity contribution in [3.8, 4) is 6.07 Å². The van der Waals surface area contributed by atoms with Crippen molar-refractivity contribution in [2.45, 2.75) is 11.9 Å². The van der Waals surface area contributed by atoms with Crippen molar-refractivity contribution in [1.82, 2.24) is 9.88 Å². The number of amides is 1. The van der Waals surface area contributed by atoms with Gasteiger partial charge in [0.25, 0.3) is 0 Å².